The van der Waals surface area contributed by atoms with E-state index in [0.29, 0.717) is 30.0 Å². The summed E-state index contributed by atoms with van der Waals surface area (Å²) in [5, 5.41) is 3.31. The number of nitrogens with one attached hydrogen (secondary N) is 1. The highest BCUT2D eigenvalue weighted by atomic mass is 35.5. The molecule has 1 unspecified atom stereocenters. The van der Waals surface area contributed by atoms with Crippen molar-refractivity contribution in [1.82, 2.24) is 19.9 Å². The van der Waals surface area contributed by atoms with Gasteiger partial charge in [-0.15, -0.1) is 0 Å². The molecule has 166 valence electrons. The molecule has 1 aliphatic heterocycles. The van der Waals surface area contributed by atoms with Crippen LogP contribution in [0.25, 0.3) is 11.4 Å². The highest BCUT2D eigenvalue weighted by Gasteiger charge is 2.33. The Morgan fingerprint density at radius 1 is 1.25 bits per heavy atom. The van der Waals surface area contributed by atoms with E-state index in [-0.39, 0.29) is 28.7 Å². The van der Waals surface area contributed by atoms with Gasteiger partial charge in [0.05, 0.1) is 16.6 Å². The van der Waals surface area contributed by atoms with E-state index in [2.05, 4.69) is 27.2 Å². The summed E-state index contributed by atoms with van der Waals surface area (Å²) < 4.78 is 14.2. The maximum absolute atomic E-state index is 14.2. The highest BCUT2D eigenvalue weighted by molar-refractivity contribution is 6.30. The van der Waals surface area contributed by atoms with E-state index in [4.69, 9.17) is 11.6 Å². The van der Waals surface area contributed by atoms with Gasteiger partial charge in [-0.25, -0.2) is 19.3 Å². The lowest BCUT2D eigenvalue weighted by Crippen LogP contribution is -2.51. The summed E-state index contributed by atoms with van der Waals surface area (Å²) in [4.78, 5) is 28.4. The summed E-state index contributed by atoms with van der Waals surface area (Å²) in [5.41, 5.74) is 2.27. The van der Waals surface area contributed by atoms with Crippen molar-refractivity contribution in [3.63, 3.8) is 0 Å². The summed E-state index contributed by atoms with van der Waals surface area (Å²) in [6, 6.07) is 8.59. The first-order valence-corrected chi connectivity index (χ1v) is 11.1. The molecule has 6 nitrogen and oxygen atoms in total. The number of carbonyl (C=O) groups excluding carboxylic acids is 1. The molecular formula is C24H25ClFN5O. The van der Waals surface area contributed by atoms with Gasteiger partial charge in [0.2, 0.25) is 0 Å². The van der Waals surface area contributed by atoms with Gasteiger partial charge in [-0.1, -0.05) is 36.2 Å². The van der Waals surface area contributed by atoms with Crippen LogP contribution in [0.4, 0.5) is 10.2 Å². The Morgan fingerprint density at radius 2 is 2.03 bits per heavy atom. The SMILES string of the molecule is Cc1ccc(-c2ncccn2)c(C(=O)N2CCC[C@@H](C)C2CNc2ncc(Cl)cc2F)c1. The predicted molar refractivity (Wildman–Crippen MR) is 123 cm³/mol. The summed E-state index contributed by atoms with van der Waals surface area (Å²) in [7, 11) is 0. The van der Waals surface area contributed by atoms with Gasteiger partial charge in [-0.2, -0.15) is 0 Å². The van der Waals surface area contributed by atoms with Crippen molar-refractivity contribution >= 4 is 23.3 Å². The number of rotatable bonds is 5. The lowest BCUT2D eigenvalue weighted by Gasteiger charge is -2.40. The van der Waals surface area contributed by atoms with E-state index in [1.807, 2.05) is 30.0 Å². The minimum absolute atomic E-state index is 0.0703. The summed E-state index contributed by atoms with van der Waals surface area (Å²) >= 11 is 5.81. The predicted octanol–water partition coefficient (Wildman–Crippen LogP) is 4.99. The Bertz CT molecular complexity index is 1110. The van der Waals surface area contributed by atoms with Crippen LogP contribution in [-0.2, 0) is 0 Å². The van der Waals surface area contributed by atoms with Crippen molar-refractivity contribution in [2.45, 2.75) is 32.7 Å². The molecule has 1 saturated heterocycles. The van der Waals surface area contributed by atoms with E-state index in [1.54, 1.807) is 18.5 Å². The van der Waals surface area contributed by atoms with Crippen LogP contribution in [0.3, 0.4) is 0 Å². The topological polar surface area (TPSA) is 71.0 Å². The Labute approximate surface area is 191 Å². The molecule has 8 heteroatoms. The van der Waals surface area contributed by atoms with Gasteiger partial charge in [0.1, 0.15) is 0 Å². The van der Waals surface area contributed by atoms with Crippen molar-refractivity contribution in [1.29, 1.82) is 0 Å². The summed E-state index contributed by atoms with van der Waals surface area (Å²) in [6.07, 6.45) is 6.65. The number of hydrogen-bond donors (Lipinski definition) is 1. The zero-order valence-corrected chi connectivity index (χ0v) is 18.8. The number of pyridine rings is 1. The van der Waals surface area contributed by atoms with Crippen molar-refractivity contribution in [3.8, 4) is 11.4 Å². The molecule has 0 radical (unpaired) electrons. The molecule has 1 amide bonds. The van der Waals surface area contributed by atoms with Gasteiger partial charge in [0.15, 0.2) is 17.5 Å². The molecule has 0 bridgehead atoms. The van der Waals surface area contributed by atoms with Gasteiger partial charge in [-0.05, 0) is 43.9 Å². The maximum atomic E-state index is 14.2. The van der Waals surface area contributed by atoms with E-state index in [1.165, 1.54) is 12.3 Å². The van der Waals surface area contributed by atoms with Crippen LogP contribution in [0.5, 0.6) is 0 Å². The first-order valence-electron chi connectivity index (χ1n) is 10.7. The zero-order valence-electron chi connectivity index (χ0n) is 18.1. The van der Waals surface area contributed by atoms with Gasteiger partial charge in [0.25, 0.3) is 5.91 Å². The lowest BCUT2D eigenvalue weighted by molar-refractivity contribution is 0.0540. The second kappa shape index (κ2) is 9.61. The number of piperidine rings is 1. The Balaban J connectivity index is 1.62. The van der Waals surface area contributed by atoms with Crippen LogP contribution in [0.2, 0.25) is 5.02 Å². The monoisotopic (exact) mass is 453 g/mol. The fourth-order valence-electron chi connectivity index (χ4n) is 4.18. The molecule has 0 saturated carbocycles. The average molecular weight is 454 g/mol. The second-order valence-corrected chi connectivity index (χ2v) is 8.61. The van der Waals surface area contributed by atoms with Crippen molar-refractivity contribution in [3.05, 3.63) is 70.9 Å². The third-order valence-electron chi connectivity index (χ3n) is 5.88. The molecule has 4 rings (SSSR count). The molecular weight excluding hydrogens is 429 g/mol. The summed E-state index contributed by atoms with van der Waals surface area (Å²) in [5.74, 6) is 0.313. The van der Waals surface area contributed by atoms with Crippen molar-refractivity contribution < 1.29 is 9.18 Å². The van der Waals surface area contributed by atoms with Gasteiger partial charge >= 0.3 is 0 Å². The largest absolute Gasteiger partial charge is 0.366 e. The number of carbonyl (C=O) groups is 1. The standard InChI is InChI=1S/C24H25ClFN5O/c1-15-6-7-18(22-27-8-4-9-28-22)19(11-15)24(32)31-10-3-5-16(2)21(31)14-30-23-20(26)12-17(25)13-29-23/h4,6-9,11-13,16,21H,3,5,10,14H2,1-2H3,(H,29,30)/t16-,21?/m1/s1. The molecule has 3 aromatic rings. The number of halogens is 2. The van der Waals surface area contributed by atoms with E-state index < -0.39 is 5.82 Å². The highest BCUT2D eigenvalue weighted by Crippen LogP contribution is 2.29. The molecule has 32 heavy (non-hydrogen) atoms. The van der Waals surface area contributed by atoms with Crippen LogP contribution < -0.4 is 5.32 Å². The molecule has 2 aromatic heterocycles. The second-order valence-electron chi connectivity index (χ2n) is 8.17. The normalized spacial score (nSPS) is 18.4. The number of aromatic nitrogens is 3. The Morgan fingerprint density at radius 3 is 2.78 bits per heavy atom. The number of anilines is 1. The number of likely N-dealkylation sites (tertiary alicyclic amines) is 1. The zero-order chi connectivity index (χ0) is 22.7. The number of nitrogens with zero attached hydrogens (tertiary/aromatic N) is 4. The van der Waals surface area contributed by atoms with E-state index >= 15 is 0 Å². The molecule has 1 N–H and O–H groups in total. The van der Waals surface area contributed by atoms with Gasteiger partial charge in [0, 0.05) is 37.2 Å². The number of hydrogen-bond acceptors (Lipinski definition) is 5. The van der Waals surface area contributed by atoms with E-state index in [9.17, 15) is 9.18 Å². The third-order valence-corrected chi connectivity index (χ3v) is 6.08. The van der Waals surface area contributed by atoms with Crippen molar-refractivity contribution in [2.24, 2.45) is 5.92 Å². The molecule has 3 heterocycles. The Kier molecular flexibility index (Phi) is 6.65. The smallest absolute Gasteiger partial charge is 0.254 e. The van der Waals surface area contributed by atoms with Crippen LogP contribution in [0.1, 0.15) is 35.7 Å². The molecule has 0 spiro atoms. The van der Waals surface area contributed by atoms with Crippen LogP contribution in [-0.4, -0.2) is 44.9 Å². The maximum Gasteiger partial charge on any atom is 0.254 e. The molecule has 1 aliphatic rings. The third kappa shape index (κ3) is 4.72. The molecule has 1 fully saturated rings. The first-order chi connectivity index (χ1) is 15.4. The minimum atomic E-state index is -0.513. The first kappa shape index (κ1) is 22.1. The van der Waals surface area contributed by atoms with Gasteiger partial charge in [-0.3, -0.25) is 4.79 Å². The van der Waals surface area contributed by atoms with Gasteiger partial charge < -0.3 is 10.2 Å². The summed E-state index contributed by atoms with van der Waals surface area (Å²) in [6.45, 7) is 5.10. The minimum Gasteiger partial charge on any atom is -0.366 e. The molecule has 0 aliphatic carbocycles. The average Bonchev–Trinajstić information content (AvgIpc) is 2.79. The molecule has 1 aromatic carbocycles. The quantitative estimate of drug-likeness (QED) is 0.589. The van der Waals surface area contributed by atoms with E-state index in [0.717, 1.165) is 18.4 Å². The van der Waals surface area contributed by atoms with Crippen LogP contribution in [0, 0.1) is 18.7 Å². The number of benzene rings is 1. The van der Waals surface area contributed by atoms with Crippen molar-refractivity contribution in [2.75, 3.05) is 18.4 Å². The number of amides is 1. The van der Waals surface area contributed by atoms with Crippen LogP contribution in [0.15, 0.2) is 48.9 Å². The Hall–Kier alpha value is -3.06. The molecule has 2 atom stereocenters. The van der Waals surface area contributed by atoms with Crippen LogP contribution >= 0.6 is 11.6 Å². The fourth-order valence-corrected chi connectivity index (χ4v) is 4.33. The lowest BCUT2D eigenvalue weighted by atomic mass is 9.89. The number of aryl methyl sites for hydroxylation is 1. The fraction of sp³-hybridized carbons (Fsp3) is 0.333.